The molecular weight excluding hydrogens is 444 g/mol. The summed E-state index contributed by atoms with van der Waals surface area (Å²) in [5, 5.41) is 0. The fourth-order valence-corrected chi connectivity index (χ4v) is 6.44. The molecule has 0 saturated heterocycles. The zero-order valence-electron chi connectivity index (χ0n) is 24.3. The average molecular weight is 495 g/mol. The Hall–Kier alpha value is -2.03. The largest absolute Gasteiger partial charge is 0.300 e. The van der Waals surface area contributed by atoms with E-state index in [2.05, 4.69) is 60.6 Å². The lowest BCUT2D eigenvalue weighted by Crippen LogP contribution is -2.30. The van der Waals surface area contributed by atoms with E-state index in [1.807, 2.05) is 0 Å². The Morgan fingerprint density at radius 2 is 1.81 bits per heavy atom. The number of carbonyl (C=O) groups excluding carboxylic acids is 3. The number of hydrogen-bond donors (Lipinski definition) is 0. The van der Waals surface area contributed by atoms with Gasteiger partial charge in [-0.25, -0.2) is 0 Å². The van der Waals surface area contributed by atoms with Crippen molar-refractivity contribution in [2.24, 2.45) is 17.8 Å². The fraction of sp³-hybridized carbons (Fsp3) is 0.667. The predicted molar refractivity (Wildman–Crippen MR) is 151 cm³/mol. The van der Waals surface area contributed by atoms with Crippen LogP contribution in [0.15, 0.2) is 17.7 Å². The van der Waals surface area contributed by atoms with Crippen molar-refractivity contribution in [1.82, 2.24) is 0 Å². The number of Topliss-reactive ketones (excluding diaryl/α,β-unsaturated/α-hetero) is 3. The Morgan fingerprint density at radius 3 is 2.36 bits per heavy atom. The molecule has 0 aliphatic heterocycles. The lowest BCUT2D eigenvalue weighted by molar-refractivity contribution is -0.129. The molecule has 3 heteroatoms. The molecular formula is C33H50O3. The summed E-state index contributed by atoms with van der Waals surface area (Å²) in [6.45, 7) is 16.7. The molecule has 0 spiro atoms. The summed E-state index contributed by atoms with van der Waals surface area (Å²) < 4.78 is 0. The second-order valence-electron chi connectivity index (χ2n) is 11.6. The molecule has 200 valence electrons. The topological polar surface area (TPSA) is 51.2 Å². The summed E-state index contributed by atoms with van der Waals surface area (Å²) in [7, 11) is 0. The third kappa shape index (κ3) is 7.73. The smallest absolute Gasteiger partial charge is 0.163 e. The van der Waals surface area contributed by atoms with Crippen molar-refractivity contribution in [3.8, 4) is 0 Å². The number of rotatable bonds is 14. The quantitative estimate of drug-likeness (QED) is 0.192. The van der Waals surface area contributed by atoms with Crippen molar-refractivity contribution >= 4 is 17.3 Å². The van der Waals surface area contributed by atoms with Gasteiger partial charge in [0.15, 0.2) is 5.78 Å². The van der Waals surface area contributed by atoms with Gasteiger partial charge < -0.3 is 0 Å². The van der Waals surface area contributed by atoms with Crippen molar-refractivity contribution in [3.63, 3.8) is 0 Å². The maximum atomic E-state index is 13.6. The molecule has 3 unspecified atom stereocenters. The highest BCUT2D eigenvalue weighted by Gasteiger charge is 2.34. The van der Waals surface area contributed by atoms with Gasteiger partial charge in [0.1, 0.15) is 11.6 Å². The standard InChI is InChI=1S/C33H50O3/c1-9-12-22(6)14-15-26-20-29(21(4)5)30-18-25(19-32(36)33(30)24(26)8)17-27(13-10-2)28(11-3)31(35)16-23(7)34/h12,20-21,25,27-28H,9-11,13-19H2,1-8H3. The minimum atomic E-state index is -0.0848. The van der Waals surface area contributed by atoms with Crippen LogP contribution >= 0.6 is 0 Å². The van der Waals surface area contributed by atoms with Gasteiger partial charge in [-0.15, -0.1) is 0 Å². The van der Waals surface area contributed by atoms with Crippen molar-refractivity contribution < 1.29 is 14.4 Å². The molecule has 0 aromatic heterocycles. The van der Waals surface area contributed by atoms with E-state index in [1.54, 1.807) is 0 Å². The highest BCUT2D eigenvalue weighted by atomic mass is 16.1. The van der Waals surface area contributed by atoms with Crippen LogP contribution in [0.25, 0.3) is 0 Å². The van der Waals surface area contributed by atoms with E-state index in [-0.39, 0.29) is 41.5 Å². The van der Waals surface area contributed by atoms with Gasteiger partial charge in [0.05, 0.1) is 6.42 Å². The van der Waals surface area contributed by atoms with Gasteiger partial charge in [0.2, 0.25) is 0 Å². The van der Waals surface area contributed by atoms with Crippen molar-refractivity contribution in [3.05, 3.63) is 45.5 Å². The molecule has 0 N–H and O–H groups in total. The molecule has 3 nitrogen and oxygen atoms in total. The second-order valence-corrected chi connectivity index (χ2v) is 11.6. The van der Waals surface area contributed by atoms with Gasteiger partial charge in [-0.1, -0.05) is 65.2 Å². The Kier molecular flexibility index (Phi) is 11.8. The molecule has 0 amide bonds. The van der Waals surface area contributed by atoms with Gasteiger partial charge in [-0.2, -0.15) is 0 Å². The monoisotopic (exact) mass is 494 g/mol. The maximum Gasteiger partial charge on any atom is 0.163 e. The van der Waals surface area contributed by atoms with Crippen LogP contribution in [0.1, 0.15) is 138 Å². The number of ketones is 3. The minimum absolute atomic E-state index is 0.0392. The minimum Gasteiger partial charge on any atom is -0.300 e. The first-order chi connectivity index (χ1) is 17.0. The zero-order valence-corrected chi connectivity index (χ0v) is 24.3. The Balaban J connectivity index is 2.36. The molecule has 2 rings (SSSR count). The van der Waals surface area contributed by atoms with Crippen LogP contribution in [0.4, 0.5) is 0 Å². The van der Waals surface area contributed by atoms with E-state index in [4.69, 9.17) is 0 Å². The molecule has 0 heterocycles. The normalized spacial score (nSPS) is 17.8. The second kappa shape index (κ2) is 14.1. The maximum absolute atomic E-state index is 13.6. The van der Waals surface area contributed by atoms with Crippen molar-refractivity contribution in [2.45, 2.75) is 126 Å². The highest BCUT2D eigenvalue weighted by Crippen LogP contribution is 2.40. The zero-order chi connectivity index (χ0) is 27.0. The highest BCUT2D eigenvalue weighted by molar-refractivity contribution is 6.01. The Labute approximate surface area is 220 Å². The van der Waals surface area contributed by atoms with Gasteiger partial charge in [0, 0.05) is 17.9 Å². The van der Waals surface area contributed by atoms with E-state index in [1.165, 1.54) is 34.8 Å². The number of benzene rings is 1. The third-order valence-corrected chi connectivity index (χ3v) is 8.19. The van der Waals surface area contributed by atoms with Crippen LogP contribution in [0, 0.1) is 24.7 Å². The summed E-state index contributed by atoms with van der Waals surface area (Å²) in [4.78, 5) is 38.1. The van der Waals surface area contributed by atoms with Crippen LogP contribution in [0.5, 0.6) is 0 Å². The third-order valence-electron chi connectivity index (χ3n) is 8.19. The molecule has 0 saturated carbocycles. The van der Waals surface area contributed by atoms with Crippen LogP contribution in [0.3, 0.4) is 0 Å². The van der Waals surface area contributed by atoms with Gasteiger partial charge >= 0.3 is 0 Å². The summed E-state index contributed by atoms with van der Waals surface area (Å²) in [6.07, 6.45) is 10.5. The van der Waals surface area contributed by atoms with Crippen LogP contribution in [0.2, 0.25) is 0 Å². The van der Waals surface area contributed by atoms with Gasteiger partial charge in [-0.05, 0) is 99.3 Å². The Morgan fingerprint density at radius 1 is 1.11 bits per heavy atom. The van der Waals surface area contributed by atoms with E-state index in [0.29, 0.717) is 12.3 Å². The van der Waals surface area contributed by atoms with Crippen molar-refractivity contribution in [2.75, 3.05) is 0 Å². The molecule has 0 fully saturated rings. The van der Waals surface area contributed by atoms with Gasteiger partial charge in [0.25, 0.3) is 0 Å². The number of aryl methyl sites for hydroxylation is 1. The Bertz CT molecular complexity index is 966. The number of carbonyl (C=O) groups is 3. The first-order valence-electron chi connectivity index (χ1n) is 14.4. The van der Waals surface area contributed by atoms with Gasteiger partial charge in [-0.3, -0.25) is 14.4 Å². The summed E-state index contributed by atoms with van der Waals surface area (Å²) >= 11 is 0. The molecule has 0 bridgehead atoms. The lowest BCUT2D eigenvalue weighted by Gasteiger charge is -2.33. The molecule has 3 atom stereocenters. The number of allylic oxidation sites excluding steroid dienone is 2. The molecule has 1 aromatic carbocycles. The van der Waals surface area contributed by atoms with E-state index in [0.717, 1.165) is 56.9 Å². The molecule has 1 aromatic rings. The van der Waals surface area contributed by atoms with E-state index < -0.39 is 0 Å². The number of fused-ring (bicyclic) bond motifs is 1. The molecule has 1 aliphatic rings. The van der Waals surface area contributed by atoms with Crippen LogP contribution < -0.4 is 0 Å². The summed E-state index contributed by atoms with van der Waals surface area (Å²) in [5.41, 5.74) is 7.47. The van der Waals surface area contributed by atoms with E-state index in [9.17, 15) is 14.4 Å². The average Bonchev–Trinajstić information content (AvgIpc) is 2.78. The SMILES string of the molecule is CCC=C(C)CCc1cc(C(C)C)c2c(c1C)C(=O)CC(CC(CCC)C(CC)C(=O)CC(C)=O)C2. The summed E-state index contributed by atoms with van der Waals surface area (Å²) in [5.74, 6) is 1.09. The van der Waals surface area contributed by atoms with Crippen LogP contribution in [-0.2, 0) is 22.4 Å². The predicted octanol–water partition coefficient (Wildman–Crippen LogP) is 8.53. The first-order valence-corrected chi connectivity index (χ1v) is 14.4. The number of hydrogen-bond acceptors (Lipinski definition) is 3. The molecule has 0 radical (unpaired) electrons. The van der Waals surface area contributed by atoms with Crippen molar-refractivity contribution in [1.29, 1.82) is 0 Å². The molecule has 36 heavy (non-hydrogen) atoms. The first kappa shape index (κ1) is 30.2. The van der Waals surface area contributed by atoms with Crippen LogP contribution in [-0.4, -0.2) is 17.3 Å². The van der Waals surface area contributed by atoms with E-state index >= 15 is 0 Å². The lowest BCUT2D eigenvalue weighted by atomic mass is 9.70. The fourth-order valence-electron chi connectivity index (χ4n) is 6.44. The summed E-state index contributed by atoms with van der Waals surface area (Å²) in [6, 6.07) is 2.38. The molecule has 1 aliphatic carbocycles.